The maximum atomic E-state index is 12.6. The van der Waals surface area contributed by atoms with Gasteiger partial charge < -0.3 is 0 Å². The molecule has 0 aliphatic carbocycles. The van der Waals surface area contributed by atoms with Crippen molar-refractivity contribution in [3.8, 4) is 0 Å². The number of amides is 6. The minimum absolute atomic E-state index is 0.136. The average Bonchev–Trinajstić information content (AvgIpc) is 2.99. The van der Waals surface area contributed by atoms with Crippen LogP contribution < -0.4 is 4.90 Å². The van der Waals surface area contributed by atoms with Crippen LogP contribution in [0.2, 0.25) is 0 Å². The summed E-state index contributed by atoms with van der Waals surface area (Å²) in [4.78, 5) is 48.4. The molecule has 3 rings (SSSR count). The Kier molecular flexibility index (Phi) is 2.72. The lowest BCUT2D eigenvalue weighted by Crippen LogP contribution is -2.42. The Morgan fingerprint density at radius 1 is 1.00 bits per heavy atom. The number of anilines is 1. The second kappa shape index (κ2) is 4.18. The van der Waals surface area contributed by atoms with Gasteiger partial charge in [-0.3, -0.25) is 10.1 Å². The standard InChI is InChI=1S/C13H14N4O5/c1-3-16-11(18)14(12(19)17(16,4-2)13(16)20)9-5-7-10(8-6-9)15(21)22/h5-8H,3-4H2,1-2H3/q+2. The van der Waals surface area contributed by atoms with E-state index < -0.39 is 32.2 Å². The third-order valence-corrected chi connectivity index (χ3v) is 4.43. The monoisotopic (exact) mass is 306 g/mol. The Labute approximate surface area is 125 Å². The highest BCUT2D eigenvalue weighted by Gasteiger charge is 2.99. The zero-order valence-electron chi connectivity index (χ0n) is 12.1. The second-order valence-electron chi connectivity index (χ2n) is 5.13. The number of hydrogen-bond acceptors (Lipinski definition) is 5. The van der Waals surface area contributed by atoms with Gasteiger partial charge in [0.1, 0.15) is 13.1 Å². The summed E-state index contributed by atoms with van der Waals surface area (Å²) in [6.45, 7) is 3.75. The summed E-state index contributed by atoms with van der Waals surface area (Å²) in [5.41, 5.74) is 0.0981. The van der Waals surface area contributed by atoms with Crippen LogP contribution in [0.15, 0.2) is 24.3 Å². The van der Waals surface area contributed by atoms with Gasteiger partial charge in [0.15, 0.2) is 0 Å². The number of carbonyl (C=O) groups excluding carboxylic acids is 3. The summed E-state index contributed by atoms with van der Waals surface area (Å²) in [5, 5.41) is 10.7. The van der Waals surface area contributed by atoms with Crippen LogP contribution in [0.25, 0.3) is 0 Å². The number of imide groups is 3. The first-order chi connectivity index (χ1) is 10.4. The van der Waals surface area contributed by atoms with Crippen molar-refractivity contribution in [3.63, 3.8) is 0 Å². The van der Waals surface area contributed by atoms with Crippen molar-refractivity contribution >= 4 is 29.5 Å². The fourth-order valence-corrected chi connectivity index (χ4v) is 3.21. The molecule has 0 radical (unpaired) electrons. The highest BCUT2D eigenvalue weighted by molar-refractivity contribution is 6.19. The molecule has 2 saturated heterocycles. The van der Waals surface area contributed by atoms with Crippen LogP contribution in [0.1, 0.15) is 13.8 Å². The van der Waals surface area contributed by atoms with Crippen LogP contribution in [-0.2, 0) is 0 Å². The van der Waals surface area contributed by atoms with Crippen molar-refractivity contribution in [1.29, 1.82) is 0 Å². The molecule has 22 heavy (non-hydrogen) atoms. The van der Waals surface area contributed by atoms with Crippen molar-refractivity contribution in [1.82, 2.24) is 0 Å². The third kappa shape index (κ3) is 1.27. The van der Waals surface area contributed by atoms with Gasteiger partial charge in [0.05, 0.1) is 19.8 Å². The van der Waals surface area contributed by atoms with E-state index in [4.69, 9.17) is 0 Å². The van der Waals surface area contributed by atoms with Crippen molar-refractivity contribution in [3.05, 3.63) is 34.4 Å². The number of quaternary nitrogens is 2. The summed E-state index contributed by atoms with van der Waals surface area (Å²) in [6, 6.07) is 3.49. The van der Waals surface area contributed by atoms with Gasteiger partial charge >= 0.3 is 18.1 Å². The summed E-state index contributed by atoms with van der Waals surface area (Å²) in [5.74, 6) is 0. The van der Waals surface area contributed by atoms with E-state index in [9.17, 15) is 24.5 Å². The first-order valence-corrected chi connectivity index (χ1v) is 6.83. The van der Waals surface area contributed by atoms with Gasteiger partial charge in [0, 0.05) is 12.1 Å². The molecule has 2 fully saturated rings. The van der Waals surface area contributed by atoms with Gasteiger partial charge in [0.2, 0.25) is 0 Å². The lowest BCUT2D eigenvalue weighted by Gasteiger charge is -2.08. The molecule has 0 N–H and O–H groups in total. The van der Waals surface area contributed by atoms with Crippen molar-refractivity contribution in [2.45, 2.75) is 13.8 Å². The van der Waals surface area contributed by atoms with Gasteiger partial charge in [-0.15, -0.1) is 4.90 Å². The van der Waals surface area contributed by atoms with Gasteiger partial charge in [0.25, 0.3) is 5.69 Å². The molecule has 0 bridgehead atoms. The quantitative estimate of drug-likeness (QED) is 0.368. The Morgan fingerprint density at radius 2 is 1.45 bits per heavy atom. The topological polar surface area (TPSA) is 97.6 Å². The van der Waals surface area contributed by atoms with Gasteiger partial charge in [-0.1, -0.05) is 0 Å². The predicted molar refractivity (Wildman–Crippen MR) is 73.4 cm³/mol. The minimum Gasteiger partial charge on any atom is -0.258 e. The van der Waals surface area contributed by atoms with Gasteiger partial charge in [-0.25, -0.2) is 0 Å². The number of fused-ring (bicyclic) bond motifs is 1. The molecule has 0 saturated carbocycles. The highest BCUT2D eigenvalue weighted by Crippen LogP contribution is 2.51. The number of nitro benzene ring substituents is 1. The van der Waals surface area contributed by atoms with Crippen LogP contribution in [0, 0.1) is 10.1 Å². The van der Waals surface area contributed by atoms with Crippen molar-refractivity contribution < 1.29 is 28.5 Å². The van der Waals surface area contributed by atoms with E-state index in [1.54, 1.807) is 13.8 Å². The smallest absolute Gasteiger partial charge is 0.258 e. The molecule has 1 aromatic carbocycles. The first kappa shape index (κ1) is 14.3. The zero-order chi connectivity index (χ0) is 16.3. The number of rotatable bonds is 4. The number of carbonyl (C=O) groups is 3. The highest BCUT2D eigenvalue weighted by atomic mass is 16.6. The molecule has 9 nitrogen and oxygen atoms in total. The minimum atomic E-state index is -0.604. The summed E-state index contributed by atoms with van der Waals surface area (Å²) in [6.07, 6.45) is 0. The lowest BCUT2D eigenvalue weighted by molar-refractivity contribution is -1.18. The van der Waals surface area contributed by atoms with Crippen LogP contribution in [-0.4, -0.2) is 45.3 Å². The lowest BCUT2D eigenvalue weighted by atomic mass is 10.2. The van der Waals surface area contributed by atoms with Crippen LogP contribution in [0.5, 0.6) is 0 Å². The number of nitro groups is 1. The fraction of sp³-hybridized carbons (Fsp3) is 0.308. The largest absolute Gasteiger partial charge is 0.633 e. The van der Waals surface area contributed by atoms with Crippen LogP contribution in [0.3, 0.4) is 0 Å². The average molecular weight is 306 g/mol. The molecule has 2 aliphatic heterocycles. The molecule has 2 unspecified atom stereocenters. The zero-order valence-corrected chi connectivity index (χ0v) is 12.1. The van der Waals surface area contributed by atoms with Crippen LogP contribution in [0.4, 0.5) is 25.8 Å². The van der Waals surface area contributed by atoms with E-state index in [1.165, 1.54) is 24.3 Å². The summed E-state index contributed by atoms with van der Waals surface area (Å²) < 4.78 is -1.07. The molecule has 0 spiro atoms. The van der Waals surface area contributed by atoms with E-state index in [0.717, 1.165) is 4.90 Å². The Bertz CT molecular complexity index is 698. The molecular formula is C13H14N4O5+2. The SMILES string of the molecule is CC[N+]12C(=O)N(c3ccc([N+](=O)[O-])cc3)C(=O)[N+]1(CC)C2=O. The number of nitrogens with zero attached hydrogens (tertiary/aromatic N) is 4. The molecule has 114 valence electrons. The predicted octanol–water partition coefficient (Wildman–Crippen LogP) is 2.38. The number of urea groups is 3. The maximum Gasteiger partial charge on any atom is 0.633 e. The number of benzene rings is 1. The normalized spacial score (nSPS) is 29.7. The molecule has 1 aromatic rings. The number of non-ortho nitro benzene ring substituents is 1. The second-order valence-corrected chi connectivity index (χ2v) is 5.13. The fourth-order valence-electron chi connectivity index (χ4n) is 3.21. The van der Waals surface area contributed by atoms with E-state index in [1.807, 2.05) is 0 Å². The van der Waals surface area contributed by atoms with E-state index in [0.29, 0.717) is 0 Å². The third-order valence-electron chi connectivity index (χ3n) is 4.43. The van der Waals surface area contributed by atoms with Gasteiger partial charge in [-0.05, 0) is 26.0 Å². The Morgan fingerprint density at radius 3 is 1.82 bits per heavy atom. The maximum absolute atomic E-state index is 12.6. The van der Waals surface area contributed by atoms with Gasteiger partial charge in [-0.2, -0.15) is 14.4 Å². The first-order valence-electron chi connectivity index (χ1n) is 6.83. The molecule has 9 heteroatoms. The Balaban J connectivity index is 2.04. The molecule has 0 aromatic heterocycles. The molecule has 6 amide bonds. The van der Waals surface area contributed by atoms with Crippen LogP contribution >= 0.6 is 0 Å². The molecule has 2 heterocycles. The molecular weight excluding hydrogens is 292 g/mol. The van der Waals surface area contributed by atoms with Crippen molar-refractivity contribution in [2.75, 3.05) is 18.0 Å². The Hall–Kier alpha value is -2.65. The molecule has 2 atom stereocenters. The van der Waals surface area contributed by atoms with E-state index >= 15 is 0 Å². The van der Waals surface area contributed by atoms with Crippen molar-refractivity contribution in [2.24, 2.45) is 0 Å². The summed E-state index contributed by atoms with van der Waals surface area (Å²) in [7, 11) is 0. The molecule has 2 aliphatic rings. The van der Waals surface area contributed by atoms with E-state index in [-0.39, 0.29) is 24.5 Å². The van der Waals surface area contributed by atoms with E-state index in [2.05, 4.69) is 0 Å². The number of hydrogen-bond donors (Lipinski definition) is 0. The summed E-state index contributed by atoms with van der Waals surface area (Å²) >= 11 is 0.